The molecule has 2 aromatic rings. The fourth-order valence-corrected chi connectivity index (χ4v) is 4.39. The van der Waals surface area contributed by atoms with Crippen molar-refractivity contribution >= 4 is 5.69 Å². The number of rotatable bonds is 4. The maximum absolute atomic E-state index is 6.18. The molecule has 0 saturated carbocycles. The molecule has 3 nitrogen and oxygen atoms in total. The van der Waals surface area contributed by atoms with Gasteiger partial charge in [0.1, 0.15) is 6.23 Å². The summed E-state index contributed by atoms with van der Waals surface area (Å²) < 4.78 is 6.18. The normalized spacial score (nSPS) is 23.2. The minimum absolute atomic E-state index is 0.195. The number of hydrogen-bond donors (Lipinski definition) is 0. The molecule has 0 amide bonds. The Hall–Kier alpha value is -1.84. The first-order chi connectivity index (χ1) is 12.6. The monoisotopic (exact) mass is 350 g/mol. The average molecular weight is 351 g/mol. The Kier molecular flexibility index (Phi) is 4.76. The molecule has 0 N–H and O–H groups in total. The van der Waals surface area contributed by atoms with E-state index in [1.165, 1.54) is 22.4 Å². The third kappa shape index (κ3) is 3.04. The summed E-state index contributed by atoms with van der Waals surface area (Å²) in [7, 11) is 0. The number of hydrogen-bond acceptors (Lipinski definition) is 3. The quantitative estimate of drug-likeness (QED) is 0.762. The number of ether oxygens (including phenoxy) is 1. The second kappa shape index (κ2) is 7.05. The van der Waals surface area contributed by atoms with Gasteiger partial charge in [-0.1, -0.05) is 76.2 Å². The van der Waals surface area contributed by atoms with Crippen LogP contribution in [-0.2, 0) is 4.74 Å². The van der Waals surface area contributed by atoms with E-state index in [1.807, 2.05) is 0 Å². The molecular weight excluding hydrogens is 320 g/mol. The smallest absolute Gasteiger partial charge is 0.130 e. The van der Waals surface area contributed by atoms with Crippen LogP contribution in [0.1, 0.15) is 62.3 Å². The number of para-hydroxylation sites is 1. The lowest BCUT2D eigenvalue weighted by Gasteiger charge is -2.29. The Morgan fingerprint density at radius 3 is 2.15 bits per heavy atom. The largest absolute Gasteiger partial charge is 0.359 e. The fourth-order valence-electron chi connectivity index (χ4n) is 4.39. The molecular formula is C23H30N2O. The number of nitrogens with zero attached hydrogens (tertiary/aromatic N) is 2. The van der Waals surface area contributed by atoms with Crippen molar-refractivity contribution in [1.29, 1.82) is 0 Å². The molecule has 2 heterocycles. The summed E-state index contributed by atoms with van der Waals surface area (Å²) in [6.45, 7) is 11.9. The number of anilines is 1. The van der Waals surface area contributed by atoms with E-state index >= 15 is 0 Å². The van der Waals surface area contributed by atoms with E-state index in [9.17, 15) is 0 Å². The first-order valence-electron chi connectivity index (χ1n) is 9.86. The van der Waals surface area contributed by atoms with Gasteiger partial charge in [0.05, 0.1) is 25.9 Å². The maximum Gasteiger partial charge on any atom is 0.130 e. The summed E-state index contributed by atoms with van der Waals surface area (Å²) in [5.41, 5.74) is 5.70. The number of fused-ring (bicyclic) bond motifs is 1. The van der Waals surface area contributed by atoms with Crippen LogP contribution in [0, 0.1) is 0 Å². The Bertz CT molecular complexity index is 730. The summed E-state index contributed by atoms with van der Waals surface area (Å²) in [6, 6.07) is 18.0. The zero-order valence-corrected chi connectivity index (χ0v) is 16.4. The van der Waals surface area contributed by atoms with Crippen LogP contribution >= 0.6 is 0 Å². The molecule has 0 spiro atoms. The van der Waals surface area contributed by atoms with Crippen molar-refractivity contribution in [3.63, 3.8) is 0 Å². The molecule has 0 bridgehead atoms. The lowest BCUT2D eigenvalue weighted by molar-refractivity contribution is 0.0688. The fraction of sp³-hybridized carbons (Fsp3) is 0.478. The van der Waals surface area contributed by atoms with E-state index in [-0.39, 0.29) is 6.23 Å². The van der Waals surface area contributed by atoms with Crippen LogP contribution in [0.15, 0.2) is 48.5 Å². The topological polar surface area (TPSA) is 15.7 Å². The van der Waals surface area contributed by atoms with Gasteiger partial charge in [-0.15, -0.1) is 0 Å². The summed E-state index contributed by atoms with van der Waals surface area (Å²) in [5, 5.41) is 0. The van der Waals surface area contributed by atoms with Gasteiger partial charge in [0.15, 0.2) is 0 Å². The Morgan fingerprint density at radius 1 is 0.885 bits per heavy atom. The van der Waals surface area contributed by atoms with Gasteiger partial charge in [-0.25, -0.2) is 4.90 Å². The third-order valence-corrected chi connectivity index (χ3v) is 5.77. The Balaban J connectivity index is 1.66. The van der Waals surface area contributed by atoms with Crippen molar-refractivity contribution in [3.05, 3.63) is 65.2 Å². The first kappa shape index (κ1) is 17.6. The van der Waals surface area contributed by atoms with Crippen molar-refractivity contribution in [2.75, 3.05) is 24.7 Å². The zero-order chi connectivity index (χ0) is 18.3. The van der Waals surface area contributed by atoms with Crippen LogP contribution in [-0.4, -0.2) is 30.9 Å². The second-order valence-corrected chi connectivity index (χ2v) is 8.19. The van der Waals surface area contributed by atoms with Crippen molar-refractivity contribution in [2.45, 2.75) is 51.8 Å². The molecule has 3 heteroatoms. The van der Waals surface area contributed by atoms with Crippen molar-refractivity contribution in [1.82, 2.24) is 4.90 Å². The van der Waals surface area contributed by atoms with Crippen LogP contribution in [0.2, 0.25) is 0 Å². The molecule has 2 aromatic carbocycles. The van der Waals surface area contributed by atoms with Crippen LogP contribution in [0.4, 0.5) is 5.69 Å². The highest BCUT2D eigenvalue weighted by Crippen LogP contribution is 2.41. The van der Waals surface area contributed by atoms with Crippen molar-refractivity contribution in [2.24, 2.45) is 0 Å². The van der Waals surface area contributed by atoms with Crippen LogP contribution < -0.4 is 4.90 Å². The Morgan fingerprint density at radius 2 is 1.54 bits per heavy atom. The van der Waals surface area contributed by atoms with Crippen LogP contribution in [0.3, 0.4) is 0 Å². The molecule has 138 valence electrons. The van der Waals surface area contributed by atoms with Gasteiger partial charge in [-0.05, 0) is 28.5 Å². The second-order valence-electron chi connectivity index (χ2n) is 8.19. The highest BCUT2D eigenvalue weighted by molar-refractivity contribution is 5.62. The maximum atomic E-state index is 6.18. The minimum atomic E-state index is 0.195. The lowest BCUT2D eigenvalue weighted by atomic mass is 9.92. The summed E-state index contributed by atoms with van der Waals surface area (Å²) in [6.07, 6.45) is 0.195. The van der Waals surface area contributed by atoms with Crippen molar-refractivity contribution in [3.8, 4) is 0 Å². The van der Waals surface area contributed by atoms with Gasteiger partial charge >= 0.3 is 0 Å². The zero-order valence-electron chi connectivity index (χ0n) is 16.4. The van der Waals surface area contributed by atoms with Crippen LogP contribution in [0.5, 0.6) is 0 Å². The van der Waals surface area contributed by atoms with E-state index in [0.717, 1.165) is 19.8 Å². The van der Waals surface area contributed by atoms with Gasteiger partial charge in [0.25, 0.3) is 0 Å². The van der Waals surface area contributed by atoms with Crippen molar-refractivity contribution < 1.29 is 4.74 Å². The molecule has 26 heavy (non-hydrogen) atoms. The van der Waals surface area contributed by atoms with Crippen LogP contribution in [0.25, 0.3) is 0 Å². The van der Waals surface area contributed by atoms with E-state index in [0.29, 0.717) is 17.9 Å². The predicted octanol–water partition coefficient (Wildman–Crippen LogP) is 5.11. The number of benzene rings is 2. The lowest BCUT2D eigenvalue weighted by Crippen LogP contribution is -2.30. The molecule has 1 unspecified atom stereocenters. The highest BCUT2D eigenvalue weighted by atomic mass is 16.5. The van der Waals surface area contributed by atoms with Gasteiger partial charge in [-0.3, -0.25) is 0 Å². The molecule has 4 rings (SSSR count). The molecule has 2 atom stereocenters. The standard InChI is InChI=1S/C23H30N2O/c1-16(2)19-11-8-12-20(17(3)4)23(19)24-13-22-25(15-24)21(14-26-22)18-9-6-5-7-10-18/h5-12,16-17,21-22H,13-15H2,1-4H3/t21-,22?/m1/s1. The van der Waals surface area contributed by atoms with Gasteiger partial charge in [0, 0.05) is 5.69 Å². The van der Waals surface area contributed by atoms with E-state index in [4.69, 9.17) is 4.74 Å². The summed E-state index contributed by atoms with van der Waals surface area (Å²) >= 11 is 0. The SMILES string of the molecule is CC(C)c1cccc(C(C)C)c1N1CC2OC[C@H](c3ccccc3)N2C1. The summed E-state index contributed by atoms with van der Waals surface area (Å²) in [5.74, 6) is 1.04. The van der Waals surface area contributed by atoms with E-state index in [1.54, 1.807) is 0 Å². The van der Waals surface area contributed by atoms with Gasteiger partial charge in [-0.2, -0.15) is 0 Å². The van der Waals surface area contributed by atoms with E-state index < -0.39 is 0 Å². The highest BCUT2D eigenvalue weighted by Gasteiger charge is 2.42. The first-order valence-corrected chi connectivity index (χ1v) is 9.86. The minimum Gasteiger partial charge on any atom is -0.359 e. The molecule has 0 radical (unpaired) electrons. The summed E-state index contributed by atoms with van der Waals surface area (Å²) in [4.78, 5) is 5.07. The Labute approximate surface area is 157 Å². The molecule has 2 aliphatic heterocycles. The van der Waals surface area contributed by atoms with Gasteiger partial charge < -0.3 is 9.64 Å². The third-order valence-electron chi connectivity index (χ3n) is 5.77. The molecule has 2 fully saturated rings. The average Bonchev–Trinajstić information content (AvgIpc) is 3.22. The van der Waals surface area contributed by atoms with E-state index in [2.05, 4.69) is 86.0 Å². The molecule has 2 aliphatic rings. The molecule has 2 saturated heterocycles. The predicted molar refractivity (Wildman–Crippen MR) is 108 cm³/mol. The molecule has 0 aromatic heterocycles. The molecule has 0 aliphatic carbocycles. The van der Waals surface area contributed by atoms with Gasteiger partial charge in [0.2, 0.25) is 0 Å².